The van der Waals surface area contributed by atoms with Crippen molar-refractivity contribution in [2.24, 2.45) is 22.9 Å². The third kappa shape index (κ3) is 8.86. The van der Waals surface area contributed by atoms with Crippen molar-refractivity contribution in [3.63, 3.8) is 0 Å². The second kappa shape index (κ2) is 16.4. The Morgan fingerprint density at radius 2 is 1.70 bits per heavy atom. The number of hydrogen-bond acceptors (Lipinski definition) is 9. The van der Waals surface area contributed by atoms with Crippen molar-refractivity contribution in [1.82, 2.24) is 20.4 Å². The lowest BCUT2D eigenvalue weighted by molar-refractivity contribution is -0.149. The van der Waals surface area contributed by atoms with Gasteiger partial charge in [0.05, 0.1) is 12.1 Å². The summed E-state index contributed by atoms with van der Waals surface area (Å²) < 4.78 is 5.16. The molecule has 1 aliphatic heterocycles. The van der Waals surface area contributed by atoms with Crippen LogP contribution in [0.1, 0.15) is 65.9 Å². The number of ether oxygens (including phenoxy) is 1. The normalized spacial score (nSPS) is 20.6. The molecule has 1 heterocycles. The summed E-state index contributed by atoms with van der Waals surface area (Å²) in [5.74, 6) is -6.07. The largest absolute Gasteiger partial charge is 0.447 e. The molecule has 1 unspecified atom stereocenters. The fraction of sp³-hybridized carbons (Fsp3) is 0.606. The lowest BCUT2D eigenvalue weighted by Gasteiger charge is -2.33. The number of likely N-dealkylation sites (N-methyl/N-ethyl adjacent to an activating group) is 1. The molecule has 2 fully saturated rings. The summed E-state index contributed by atoms with van der Waals surface area (Å²) in [7, 11) is 1.22. The zero-order valence-electron chi connectivity index (χ0n) is 27.8. The van der Waals surface area contributed by atoms with Crippen LogP contribution in [-0.2, 0) is 39.9 Å². The average molecular weight is 656 g/mol. The van der Waals surface area contributed by atoms with Crippen LogP contribution in [-0.4, -0.2) is 95.0 Å². The molecule has 6 atom stereocenters. The maximum atomic E-state index is 14.0. The van der Waals surface area contributed by atoms with Crippen molar-refractivity contribution in [2.75, 3.05) is 13.6 Å². The van der Waals surface area contributed by atoms with Crippen molar-refractivity contribution in [2.45, 2.75) is 97.0 Å². The number of fused-ring (bicyclic) bond motifs is 1. The molecule has 14 nitrogen and oxygen atoms in total. The molecule has 1 saturated heterocycles. The first-order chi connectivity index (χ1) is 22.2. The minimum absolute atomic E-state index is 0.0272. The second-order valence-corrected chi connectivity index (χ2v) is 12.8. The van der Waals surface area contributed by atoms with Crippen LogP contribution < -0.4 is 10.6 Å². The lowest BCUT2D eigenvalue weighted by Crippen LogP contribution is -2.59. The van der Waals surface area contributed by atoms with Crippen LogP contribution in [0, 0.1) is 22.7 Å². The quantitative estimate of drug-likeness (QED) is 0.224. The van der Waals surface area contributed by atoms with Gasteiger partial charge in [-0.25, -0.2) is 4.79 Å². The first-order valence-corrected chi connectivity index (χ1v) is 16.0. The summed E-state index contributed by atoms with van der Waals surface area (Å²) in [4.78, 5) is 106. The van der Waals surface area contributed by atoms with Gasteiger partial charge in [-0.3, -0.25) is 28.8 Å². The van der Waals surface area contributed by atoms with Crippen LogP contribution in [0.25, 0.3) is 0 Å². The SMILES string of the molecule is CCCC(NC(=O)[C@@H]1[C@H]2CCC(=O)[C@H]2CN1C(=O)[C@@H](NC(=O)OC(C)C)C(C)C)C(=O)C(=O)N(C)[C@@H](Cc1ccccc1)C(=O)N=O. The van der Waals surface area contributed by atoms with Crippen molar-refractivity contribution >= 4 is 41.3 Å². The number of benzene rings is 1. The smallest absolute Gasteiger partial charge is 0.408 e. The molecule has 2 N–H and O–H groups in total. The molecule has 1 saturated carbocycles. The topological polar surface area (TPSA) is 189 Å². The van der Waals surface area contributed by atoms with Gasteiger partial charge in [-0.05, 0) is 38.2 Å². The van der Waals surface area contributed by atoms with Crippen LogP contribution in [0.2, 0.25) is 0 Å². The van der Waals surface area contributed by atoms with E-state index in [1.54, 1.807) is 65.0 Å². The van der Waals surface area contributed by atoms with Gasteiger partial charge in [0, 0.05) is 43.4 Å². The molecular weight excluding hydrogens is 610 g/mol. The number of nitroso groups, excluding NO2 is 1. The van der Waals surface area contributed by atoms with Gasteiger partial charge in [-0.1, -0.05) is 57.5 Å². The van der Waals surface area contributed by atoms with Gasteiger partial charge in [0.1, 0.15) is 23.9 Å². The number of amides is 5. The number of nitrogens with zero attached hydrogens (tertiary/aromatic N) is 3. The molecule has 0 radical (unpaired) electrons. The maximum absolute atomic E-state index is 14.0. The second-order valence-electron chi connectivity index (χ2n) is 12.8. The summed E-state index contributed by atoms with van der Waals surface area (Å²) in [5, 5.41) is 7.72. The summed E-state index contributed by atoms with van der Waals surface area (Å²) in [6, 6.07) is 3.77. The van der Waals surface area contributed by atoms with Crippen molar-refractivity contribution < 1.29 is 38.3 Å². The fourth-order valence-electron chi connectivity index (χ4n) is 6.30. The number of likely N-dealkylation sites (tertiary alicyclic amines) is 1. The zero-order chi connectivity index (χ0) is 35.0. The van der Waals surface area contributed by atoms with Gasteiger partial charge in [0.25, 0.3) is 5.91 Å². The van der Waals surface area contributed by atoms with Gasteiger partial charge < -0.3 is 25.2 Å². The van der Waals surface area contributed by atoms with E-state index >= 15 is 0 Å². The number of hydrogen-bond donors (Lipinski definition) is 2. The first kappa shape index (κ1) is 37.0. The number of Topliss-reactive ketones (excluding diaryl/α,β-unsaturated/α-hetero) is 2. The first-order valence-electron chi connectivity index (χ1n) is 16.0. The van der Waals surface area contributed by atoms with Crippen LogP contribution >= 0.6 is 0 Å². The van der Waals surface area contributed by atoms with Crippen molar-refractivity contribution in [1.29, 1.82) is 0 Å². The van der Waals surface area contributed by atoms with E-state index in [4.69, 9.17) is 4.74 Å². The van der Waals surface area contributed by atoms with E-state index in [1.807, 2.05) is 0 Å². The molecule has 3 rings (SSSR count). The van der Waals surface area contributed by atoms with E-state index in [1.165, 1.54) is 11.9 Å². The number of carbonyl (C=O) groups is 7. The Morgan fingerprint density at radius 3 is 2.28 bits per heavy atom. The van der Waals surface area contributed by atoms with Crippen LogP contribution in [0.5, 0.6) is 0 Å². The van der Waals surface area contributed by atoms with E-state index in [0.29, 0.717) is 18.4 Å². The molecule has 1 aromatic carbocycles. The predicted molar refractivity (Wildman–Crippen MR) is 169 cm³/mol. The van der Waals surface area contributed by atoms with Gasteiger partial charge >= 0.3 is 12.0 Å². The van der Waals surface area contributed by atoms with Gasteiger partial charge in [0.15, 0.2) is 0 Å². The summed E-state index contributed by atoms with van der Waals surface area (Å²) in [6.45, 7) is 8.50. The number of rotatable bonds is 14. The highest BCUT2D eigenvalue weighted by Crippen LogP contribution is 2.41. The minimum atomic E-state index is -1.35. The number of nitrogens with one attached hydrogen (secondary N) is 2. The third-order valence-corrected chi connectivity index (χ3v) is 8.75. The molecule has 1 aromatic rings. The van der Waals surface area contributed by atoms with E-state index in [9.17, 15) is 38.5 Å². The molecular formula is C33H45N5O9. The molecule has 14 heteroatoms. The highest BCUT2D eigenvalue weighted by Gasteiger charge is 2.54. The molecule has 2 aliphatic rings. The molecule has 1 aliphatic carbocycles. The summed E-state index contributed by atoms with van der Waals surface area (Å²) in [6.07, 6.45) is -0.224. The average Bonchev–Trinajstić information content (AvgIpc) is 3.59. The lowest BCUT2D eigenvalue weighted by atomic mass is 9.92. The predicted octanol–water partition coefficient (Wildman–Crippen LogP) is 2.17. The Bertz CT molecular complexity index is 1370. The fourth-order valence-corrected chi connectivity index (χ4v) is 6.30. The minimum Gasteiger partial charge on any atom is -0.447 e. The maximum Gasteiger partial charge on any atom is 0.408 e. The highest BCUT2D eigenvalue weighted by molar-refractivity contribution is 6.38. The van der Waals surface area contributed by atoms with Crippen LogP contribution in [0.15, 0.2) is 35.5 Å². The van der Waals surface area contributed by atoms with Gasteiger partial charge in [0.2, 0.25) is 17.6 Å². The Hall–Kier alpha value is -4.49. The summed E-state index contributed by atoms with van der Waals surface area (Å²) >= 11 is 0. The molecule has 0 aromatic heterocycles. The van der Waals surface area contributed by atoms with Crippen LogP contribution in [0.3, 0.4) is 0 Å². The van der Waals surface area contributed by atoms with E-state index in [2.05, 4.69) is 15.8 Å². The van der Waals surface area contributed by atoms with Crippen molar-refractivity contribution in [3.8, 4) is 0 Å². The molecule has 5 amide bonds. The third-order valence-electron chi connectivity index (χ3n) is 8.75. The number of ketones is 2. The number of carbonyl (C=O) groups excluding carboxylic acids is 7. The monoisotopic (exact) mass is 655 g/mol. The van der Waals surface area contributed by atoms with Crippen molar-refractivity contribution in [3.05, 3.63) is 40.8 Å². The van der Waals surface area contributed by atoms with Crippen LogP contribution in [0.4, 0.5) is 4.79 Å². The summed E-state index contributed by atoms with van der Waals surface area (Å²) in [5.41, 5.74) is 0.637. The van der Waals surface area contributed by atoms with Gasteiger partial charge in [-0.15, -0.1) is 4.91 Å². The zero-order valence-corrected chi connectivity index (χ0v) is 27.8. The molecule has 47 heavy (non-hydrogen) atoms. The van der Waals surface area contributed by atoms with Gasteiger partial charge in [-0.2, -0.15) is 0 Å². The highest BCUT2D eigenvalue weighted by atomic mass is 16.6. The Kier molecular flexibility index (Phi) is 12.9. The van der Waals surface area contributed by atoms with E-state index in [0.717, 1.165) is 4.90 Å². The molecule has 0 spiro atoms. The van der Waals surface area contributed by atoms with E-state index in [-0.39, 0.29) is 31.6 Å². The Labute approximate surface area is 274 Å². The Balaban J connectivity index is 1.85. The Morgan fingerprint density at radius 1 is 1.04 bits per heavy atom. The molecule has 256 valence electrons. The number of alkyl carbamates (subject to hydrolysis) is 1. The molecule has 0 bridgehead atoms. The van der Waals surface area contributed by atoms with E-state index < -0.39 is 83.5 Å². The standard InChI is InChI=1S/C33H45N5O9/c1-7-11-23(28(40)32(44)37(6)24(29(41)36-46)16-20-12-9-8-10-13-20)34-30(42)27-21-14-15-25(39)22(21)17-38(27)31(43)26(18(2)3)35-33(45)47-19(4)5/h8-10,12-13,18-19,21-24,26-27H,7,11,14-17H2,1-6H3,(H,34,42)(H,35,45)/t21-,22-,23?,24-,26-,27-/m0/s1.